The molecule has 0 bridgehead atoms. The van der Waals surface area contributed by atoms with Crippen LogP contribution in [0.25, 0.3) is 0 Å². The Morgan fingerprint density at radius 2 is 1.14 bits per heavy atom. The first-order valence-corrected chi connectivity index (χ1v) is 12.9. The lowest BCUT2D eigenvalue weighted by atomic mass is 10.0. The van der Waals surface area contributed by atoms with Crippen molar-refractivity contribution < 1.29 is 8.23 Å². The van der Waals surface area contributed by atoms with Crippen LogP contribution in [0.4, 0.5) is 0 Å². The zero-order valence-electron chi connectivity index (χ0n) is 15.3. The van der Waals surface area contributed by atoms with Crippen molar-refractivity contribution in [2.75, 3.05) is 0 Å². The summed E-state index contributed by atoms with van der Waals surface area (Å²) in [6.45, 7) is 4.58. The highest BCUT2D eigenvalue weighted by Gasteiger charge is 2.31. The molecule has 1 atom stereocenters. The normalized spacial score (nSPS) is 20.2. The van der Waals surface area contributed by atoms with Gasteiger partial charge >= 0.3 is 9.28 Å². The summed E-state index contributed by atoms with van der Waals surface area (Å²) in [5.41, 5.74) is 0.814. The third-order valence-electron chi connectivity index (χ3n) is 4.94. The third-order valence-corrected chi connectivity index (χ3v) is 10.1. The van der Waals surface area contributed by atoms with Gasteiger partial charge in [-0.2, -0.15) is 0 Å². The molecule has 0 N–H and O–H groups in total. The van der Waals surface area contributed by atoms with Gasteiger partial charge in [0.1, 0.15) is 0 Å². The molecule has 4 heteroatoms. The second kappa shape index (κ2) is 14.9. The zero-order valence-corrected chi connectivity index (χ0v) is 17.9. The van der Waals surface area contributed by atoms with Gasteiger partial charge in [0.25, 0.3) is 10.0 Å². The van der Waals surface area contributed by atoms with Crippen LogP contribution in [0, 0.1) is 0 Å². The van der Waals surface area contributed by atoms with Crippen LogP contribution in [-0.4, -0.2) is 19.3 Å². The lowest BCUT2D eigenvalue weighted by molar-refractivity contribution is 0.287. The first-order valence-electron chi connectivity index (χ1n) is 10.1. The minimum Gasteiger partial charge on any atom is -0.422 e. The molecule has 0 spiro atoms. The first kappa shape index (κ1) is 20.4. The molecule has 1 saturated heterocycles. The van der Waals surface area contributed by atoms with Crippen LogP contribution in [0.2, 0.25) is 5.54 Å². The summed E-state index contributed by atoms with van der Waals surface area (Å²) in [6, 6.07) is 0. The number of unbranched alkanes of at least 4 members (excludes halogenated alkanes) is 11. The van der Waals surface area contributed by atoms with Gasteiger partial charge in [0.15, 0.2) is 0 Å². The van der Waals surface area contributed by atoms with Crippen LogP contribution in [0.1, 0.15) is 110 Å². The van der Waals surface area contributed by atoms with Gasteiger partial charge in [-0.05, 0) is 18.4 Å². The number of hydrogen-bond acceptors (Lipinski definition) is 2. The highest BCUT2D eigenvalue weighted by atomic mass is 28.4. The van der Waals surface area contributed by atoms with Crippen LogP contribution < -0.4 is 0 Å². The molecule has 0 aliphatic carbocycles. The second-order valence-electron chi connectivity index (χ2n) is 7.05. The van der Waals surface area contributed by atoms with Crippen molar-refractivity contribution >= 4 is 19.3 Å². The molecule has 22 heavy (non-hydrogen) atoms. The molecule has 0 aromatic heterocycles. The van der Waals surface area contributed by atoms with Crippen molar-refractivity contribution in [3.63, 3.8) is 0 Å². The molecule has 2 nitrogen and oxygen atoms in total. The summed E-state index contributed by atoms with van der Waals surface area (Å²) in [5.74, 6) is 0. The molecular weight excluding hydrogens is 304 g/mol. The van der Waals surface area contributed by atoms with E-state index in [1.165, 1.54) is 96.3 Å². The molecular formula is C18H40O2Si2. The second-order valence-corrected chi connectivity index (χ2v) is 11.6. The summed E-state index contributed by atoms with van der Waals surface area (Å²) in [5, 5.41) is 0. The average molecular weight is 345 g/mol. The topological polar surface area (TPSA) is 18.5 Å². The highest BCUT2D eigenvalue weighted by molar-refractivity contribution is 6.65. The number of hydrogen-bond donors (Lipinski definition) is 0. The lowest BCUT2D eigenvalue weighted by Gasteiger charge is -2.32. The van der Waals surface area contributed by atoms with Gasteiger partial charge in [-0.15, -0.1) is 0 Å². The molecule has 0 aromatic carbocycles. The smallest absolute Gasteiger partial charge is 0.306 e. The van der Waals surface area contributed by atoms with Crippen molar-refractivity contribution in [1.82, 2.24) is 0 Å². The minimum atomic E-state index is -1.16. The predicted molar refractivity (Wildman–Crippen MR) is 102 cm³/mol. The Morgan fingerprint density at radius 1 is 0.636 bits per heavy atom. The summed E-state index contributed by atoms with van der Waals surface area (Å²) in [6.07, 6.45) is 21.3. The molecule has 1 aliphatic heterocycles. The maximum atomic E-state index is 5.76. The van der Waals surface area contributed by atoms with Gasteiger partial charge in [0.05, 0.1) is 0 Å². The van der Waals surface area contributed by atoms with Crippen LogP contribution in [-0.2, 0) is 8.23 Å². The van der Waals surface area contributed by atoms with Crippen LogP contribution in [0.5, 0.6) is 0 Å². The van der Waals surface area contributed by atoms with Crippen LogP contribution >= 0.6 is 0 Å². The van der Waals surface area contributed by atoms with Gasteiger partial charge in [-0.1, -0.05) is 97.3 Å². The fourth-order valence-corrected chi connectivity index (χ4v) is 7.92. The molecule has 1 aliphatic rings. The van der Waals surface area contributed by atoms with E-state index in [1.807, 2.05) is 0 Å². The fraction of sp³-hybridized carbons (Fsp3) is 1.00. The standard InChI is InChI=1S/C18H40O2Si2/c1-3-5-6-7-8-9-10-11-12-13-14-15-17-18(16-4-2)22-19-21-20-22/h18,22H,3-17,21H2,1-2H3. The molecule has 1 heterocycles. The Hall–Kier alpha value is 0.354. The Morgan fingerprint density at radius 3 is 1.55 bits per heavy atom. The zero-order chi connectivity index (χ0) is 15.9. The lowest BCUT2D eigenvalue weighted by Crippen LogP contribution is -2.42. The van der Waals surface area contributed by atoms with Gasteiger partial charge in [-0.25, -0.2) is 0 Å². The fourth-order valence-electron chi connectivity index (χ4n) is 3.45. The van der Waals surface area contributed by atoms with Crippen molar-refractivity contribution in [2.45, 2.75) is 116 Å². The maximum absolute atomic E-state index is 5.76. The van der Waals surface area contributed by atoms with E-state index in [0.29, 0.717) is 0 Å². The van der Waals surface area contributed by atoms with E-state index in [4.69, 9.17) is 8.23 Å². The quantitative estimate of drug-likeness (QED) is 0.271. The Labute approximate surface area is 143 Å². The average Bonchev–Trinajstić information content (AvgIpc) is 2.46. The van der Waals surface area contributed by atoms with Crippen LogP contribution in [0.15, 0.2) is 0 Å². The van der Waals surface area contributed by atoms with E-state index in [9.17, 15) is 0 Å². The van der Waals surface area contributed by atoms with E-state index in [2.05, 4.69) is 13.8 Å². The van der Waals surface area contributed by atoms with Crippen molar-refractivity contribution in [3.8, 4) is 0 Å². The Bertz CT molecular complexity index is 235. The predicted octanol–water partition coefficient (Wildman–Crippen LogP) is 5.51. The molecule has 0 aromatic rings. The number of rotatable bonds is 16. The molecule has 1 rings (SSSR count). The summed E-state index contributed by atoms with van der Waals surface area (Å²) >= 11 is 0. The van der Waals surface area contributed by atoms with Crippen molar-refractivity contribution in [1.29, 1.82) is 0 Å². The molecule has 0 radical (unpaired) electrons. The third kappa shape index (κ3) is 10.2. The summed E-state index contributed by atoms with van der Waals surface area (Å²) in [7, 11) is -1.65. The van der Waals surface area contributed by atoms with E-state index in [1.54, 1.807) is 0 Å². The minimum absolute atomic E-state index is 0.493. The highest BCUT2D eigenvalue weighted by Crippen LogP contribution is 2.29. The van der Waals surface area contributed by atoms with Gasteiger partial charge < -0.3 is 8.23 Å². The molecule has 0 amide bonds. The van der Waals surface area contributed by atoms with Gasteiger partial charge in [-0.3, -0.25) is 0 Å². The van der Waals surface area contributed by atoms with Crippen LogP contribution in [0.3, 0.4) is 0 Å². The SMILES string of the molecule is CCCCCCCCCCCCCCC(CCC)[SiH]1O[SiH2]O1. The van der Waals surface area contributed by atoms with E-state index in [-0.39, 0.29) is 0 Å². The largest absolute Gasteiger partial charge is 0.422 e. The monoisotopic (exact) mass is 344 g/mol. The van der Waals surface area contributed by atoms with E-state index >= 15 is 0 Å². The van der Waals surface area contributed by atoms with E-state index < -0.39 is 19.3 Å². The van der Waals surface area contributed by atoms with Gasteiger partial charge in [0, 0.05) is 0 Å². The summed E-state index contributed by atoms with van der Waals surface area (Å²) in [4.78, 5) is 0. The molecule has 0 saturated carbocycles. The van der Waals surface area contributed by atoms with Crippen molar-refractivity contribution in [3.05, 3.63) is 0 Å². The van der Waals surface area contributed by atoms with Crippen molar-refractivity contribution in [2.24, 2.45) is 0 Å². The molecule has 1 fully saturated rings. The summed E-state index contributed by atoms with van der Waals surface area (Å²) < 4.78 is 11.5. The molecule has 132 valence electrons. The Kier molecular flexibility index (Phi) is 13.8. The Balaban J connectivity index is 1.80. The van der Waals surface area contributed by atoms with Gasteiger partial charge in [0.2, 0.25) is 0 Å². The van der Waals surface area contributed by atoms with E-state index in [0.717, 1.165) is 5.54 Å². The first-order chi connectivity index (χ1) is 10.9. The maximum Gasteiger partial charge on any atom is 0.306 e. The molecule has 1 unspecified atom stereocenters.